The van der Waals surface area contributed by atoms with Crippen molar-refractivity contribution in [3.05, 3.63) is 51.5 Å². The highest BCUT2D eigenvalue weighted by Gasteiger charge is 2.21. The number of nitrogens with one attached hydrogen (secondary N) is 1. The molecular formula is C22H30N4O2. The predicted molar refractivity (Wildman–Crippen MR) is 111 cm³/mol. The van der Waals surface area contributed by atoms with E-state index in [2.05, 4.69) is 36.1 Å². The molecule has 1 amide bonds. The fourth-order valence-corrected chi connectivity index (χ4v) is 3.98. The number of aliphatic hydroxyl groups is 1. The van der Waals surface area contributed by atoms with Crippen molar-refractivity contribution in [3.8, 4) is 0 Å². The zero-order chi connectivity index (χ0) is 20.6. The van der Waals surface area contributed by atoms with Gasteiger partial charge in [-0.1, -0.05) is 11.6 Å². The van der Waals surface area contributed by atoms with Crippen molar-refractivity contribution in [3.63, 3.8) is 0 Å². The molecule has 150 valence electrons. The molecule has 0 fully saturated rings. The Morgan fingerprint density at radius 1 is 1.18 bits per heavy atom. The maximum absolute atomic E-state index is 13.2. The van der Waals surface area contributed by atoms with Crippen LogP contribution in [0.4, 0.5) is 0 Å². The number of hydrogen-bond donors (Lipinski definition) is 2. The van der Waals surface area contributed by atoms with E-state index in [4.69, 9.17) is 0 Å². The van der Waals surface area contributed by atoms with E-state index in [0.717, 1.165) is 39.1 Å². The SMILES string of the molecule is Cc1cc(C)c2[nH]c(C)c(CC(=O)N(CCO)Cc3c(C)nn(C)c3C)c2c1. The molecule has 0 atom stereocenters. The molecule has 3 aromatic rings. The zero-order valence-electron chi connectivity index (χ0n) is 17.7. The van der Waals surface area contributed by atoms with Crippen LogP contribution in [0.1, 0.15) is 39.3 Å². The van der Waals surface area contributed by atoms with Gasteiger partial charge in [0.1, 0.15) is 0 Å². The molecule has 0 aliphatic carbocycles. The van der Waals surface area contributed by atoms with Crippen molar-refractivity contribution in [2.75, 3.05) is 13.2 Å². The summed E-state index contributed by atoms with van der Waals surface area (Å²) in [5, 5.41) is 15.1. The van der Waals surface area contributed by atoms with Crippen LogP contribution in [0.5, 0.6) is 0 Å². The Balaban J connectivity index is 1.91. The van der Waals surface area contributed by atoms with E-state index in [9.17, 15) is 9.90 Å². The van der Waals surface area contributed by atoms with Crippen LogP contribution in [0.15, 0.2) is 12.1 Å². The Kier molecular flexibility index (Phi) is 5.61. The average molecular weight is 383 g/mol. The Morgan fingerprint density at radius 2 is 1.89 bits per heavy atom. The summed E-state index contributed by atoms with van der Waals surface area (Å²) in [5.74, 6) is 0.0138. The minimum atomic E-state index is -0.0603. The maximum atomic E-state index is 13.2. The second kappa shape index (κ2) is 7.80. The third-order valence-corrected chi connectivity index (χ3v) is 5.63. The fourth-order valence-electron chi connectivity index (χ4n) is 3.98. The molecule has 2 N–H and O–H groups in total. The van der Waals surface area contributed by atoms with Crippen LogP contribution in [0.25, 0.3) is 10.9 Å². The topological polar surface area (TPSA) is 74.2 Å². The highest BCUT2D eigenvalue weighted by atomic mass is 16.3. The van der Waals surface area contributed by atoms with Crippen LogP contribution >= 0.6 is 0 Å². The lowest BCUT2D eigenvalue weighted by Crippen LogP contribution is -2.34. The number of hydrogen-bond acceptors (Lipinski definition) is 3. The third kappa shape index (κ3) is 3.69. The number of H-pyrrole nitrogens is 1. The number of carbonyl (C=O) groups is 1. The van der Waals surface area contributed by atoms with Crippen molar-refractivity contribution in [1.82, 2.24) is 19.7 Å². The number of aliphatic hydroxyl groups excluding tert-OH is 1. The number of nitrogens with zero attached hydrogens (tertiary/aromatic N) is 3. The largest absolute Gasteiger partial charge is 0.395 e. The lowest BCUT2D eigenvalue weighted by molar-refractivity contribution is -0.131. The van der Waals surface area contributed by atoms with Gasteiger partial charge in [-0.15, -0.1) is 0 Å². The first kappa shape index (κ1) is 20.1. The normalized spacial score (nSPS) is 11.4. The molecule has 2 aromatic heterocycles. The van der Waals surface area contributed by atoms with E-state index >= 15 is 0 Å². The summed E-state index contributed by atoms with van der Waals surface area (Å²) in [6.07, 6.45) is 0.313. The van der Waals surface area contributed by atoms with Gasteiger partial charge < -0.3 is 15.0 Å². The first-order valence-electron chi connectivity index (χ1n) is 9.69. The highest BCUT2D eigenvalue weighted by Crippen LogP contribution is 2.27. The van der Waals surface area contributed by atoms with E-state index in [1.807, 2.05) is 32.5 Å². The van der Waals surface area contributed by atoms with Gasteiger partial charge in [-0.05, 0) is 51.8 Å². The maximum Gasteiger partial charge on any atom is 0.227 e. The monoisotopic (exact) mass is 382 g/mol. The van der Waals surface area contributed by atoms with E-state index in [0.29, 0.717) is 19.5 Å². The lowest BCUT2D eigenvalue weighted by Gasteiger charge is -2.22. The molecule has 0 aliphatic heterocycles. The molecular weight excluding hydrogens is 352 g/mol. The van der Waals surface area contributed by atoms with Gasteiger partial charge >= 0.3 is 0 Å². The Hall–Kier alpha value is -2.60. The molecule has 0 unspecified atom stereocenters. The summed E-state index contributed by atoms with van der Waals surface area (Å²) >= 11 is 0. The molecule has 0 radical (unpaired) electrons. The van der Waals surface area contributed by atoms with Crippen LogP contribution in [-0.4, -0.2) is 43.8 Å². The molecule has 0 spiro atoms. The molecule has 0 saturated heterocycles. The van der Waals surface area contributed by atoms with Gasteiger partial charge in [0, 0.05) is 48.0 Å². The van der Waals surface area contributed by atoms with E-state index in [1.54, 1.807) is 4.90 Å². The zero-order valence-corrected chi connectivity index (χ0v) is 17.7. The van der Waals surface area contributed by atoms with Gasteiger partial charge in [-0.2, -0.15) is 5.10 Å². The van der Waals surface area contributed by atoms with E-state index in [1.165, 1.54) is 11.1 Å². The van der Waals surface area contributed by atoms with Crippen LogP contribution in [0, 0.1) is 34.6 Å². The second-order valence-electron chi connectivity index (χ2n) is 7.72. The average Bonchev–Trinajstić information content (AvgIpc) is 3.05. The van der Waals surface area contributed by atoms with Crippen molar-refractivity contribution in [2.45, 2.75) is 47.6 Å². The van der Waals surface area contributed by atoms with Crippen molar-refractivity contribution >= 4 is 16.8 Å². The Morgan fingerprint density at radius 3 is 2.50 bits per heavy atom. The van der Waals surface area contributed by atoms with Crippen molar-refractivity contribution in [2.24, 2.45) is 7.05 Å². The van der Waals surface area contributed by atoms with Gasteiger partial charge in [-0.3, -0.25) is 9.48 Å². The van der Waals surface area contributed by atoms with Gasteiger partial charge in [0.2, 0.25) is 5.91 Å². The second-order valence-corrected chi connectivity index (χ2v) is 7.72. The summed E-state index contributed by atoms with van der Waals surface area (Å²) in [5.41, 5.74) is 8.54. The van der Waals surface area contributed by atoms with Crippen LogP contribution in [0.2, 0.25) is 0 Å². The summed E-state index contributed by atoms with van der Waals surface area (Å²) in [7, 11) is 1.91. The van der Waals surface area contributed by atoms with Gasteiger partial charge in [-0.25, -0.2) is 0 Å². The van der Waals surface area contributed by atoms with Crippen LogP contribution in [-0.2, 0) is 24.8 Å². The first-order chi connectivity index (χ1) is 13.2. The lowest BCUT2D eigenvalue weighted by atomic mass is 10.0. The standard InChI is InChI=1S/C22H30N4O2/c1-13-9-14(2)22-19(10-13)18(15(3)23-22)11-21(28)26(7-8-27)12-20-16(4)24-25(6)17(20)5/h9-10,23,27H,7-8,11-12H2,1-6H3. The molecule has 3 rings (SSSR count). The van der Waals surface area contributed by atoms with Crippen LogP contribution < -0.4 is 0 Å². The molecule has 1 aromatic carbocycles. The third-order valence-electron chi connectivity index (χ3n) is 5.63. The predicted octanol–water partition coefficient (Wildman–Crippen LogP) is 3.01. The van der Waals surface area contributed by atoms with Gasteiger partial charge in [0.15, 0.2) is 0 Å². The van der Waals surface area contributed by atoms with Crippen molar-refractivity contribution < 1.29 is 9.90 Å². The summed E-state index contributed by atoms with van der Waals surface area (Å²) in [4.78, 5) is 18.3. The fraction of sp³-hybridized carbons (Fsp3) is 0.455. The minimum absolute atomic E-state index is 0.0138. The molecule has 0 aliphatic rings. The minimum Gasteiger partial charge on any atom is -0.395 e. The van der Waals surface area contributed by atoms with E-state index < -0.39 is 0 Å². The number of amides is 1. The van der Waals surface area contributed by atoms with Gasteiger partial charge in [0.05, 0.1) is 18.7 Å². The Bertz CT molecular complexity index is 1030. The van der Waals surface area contributed by atoms with E-state index in [-0.39, 0.29) is 12.5 Å². The molecule has 2 heterocycles. The van der Waals surface area contributed by atoms with Crippen LogP contribution in [0.3, 0.4) is 0 Å². The van der Waals surface area contributed by atoms with Crippen molar-refractivity contribution in [1.29, 1.82) is 0 Å². The Labute approximate surface area is 166 Å². The summed E-state index contributed by atoms with van der Waals surface area (Å²) in [6.45, 7) is 10.9. The number of carbonyl (C=O) groups excluding carboxylic acids is 1. The smallest absolute Gasteiger partial charge is 0.227 e. The number of rotatable bonds is 6. The quantitative estimate of drug-likeness (QED) is 0.688. The number of aryl methyl sites for hydroxylation is 5. The molecule has 0 saturated carbocycles. The summed E-state index contributed by atoms with van der Waals surface area (Å²) < 4.78 is 1.83. The number of aromatic amines is 1. The molecule has 28 heavy (non-hydrogen) atoms. The number of benzene rings is 1. The molecule has 6 heteroatoms. The molecule has 6 nitrogen and oxygen atoms in total. The van der Waals surface area contributed by atoms with Gasteiger partial charge in [0.25, 0.3) is 0 Å². The number of fused-ring (bicyclic) bond motifs is 1. The number of aromatic nitrogens is 3. The molecule has 0 bridgehead atoms. The summed E-state index contributed by atoms with van der Waals surface area (Å²) in [6, 6.07) is 4.29. The first-order valence-corrected chi connectivity index (χ1v) is 9.69. The highest BCUT2D eigenvalue weighted by molar-refractivity contribution is 5.92.